The van der Waals surface area contributed by atoms with Crippen molar-refractivity contribution in [1.29, 1.82) is 0 Å². The molecule has 3 aromatic rings. The Kier molecular flexibility index (Phi) is 6.18. The fourth-order valence-corrected chi connectivity index (χ4v) is 2.75. The molecule has 0 saturated heterocycles. The number of hydrogen-bond acceptors (Lipinski definition) is 6. The van der Waals surface area contributed by atoms with Crippen molar-refractivity contribution in [3.05, 3.63) is 89.7 Å². The Labute approximate surface area is 166 Å². The van der Waals surface area contributed by atoms with Gasteiger partial charge in [-0.2, -0.15) is 0 Å². The van der Waals surface area contributed by atoms with Gasteiger partial charge in [0.2, 0.25) is 0 Å². The lowest BCUT2D eigenvalue weighted by atomic mass is 10.0. The van der Waals surface area contributed by atoms with E-state index in [-0.39, 0.29) is 11.3 Å². The first kappa shape index (κ1) is 20.0. The van der Waals surface area contributed by atoms with Crippen molar-refractivity contribution in [3.8, 4) is 0 Å². The van der Waals surface area contributed by atoms with Gasteiger partial charge >= 0.3 is 0 Å². The summed E-state index contributed by atoms with van der Waals surface area (Å²) in [5, 5.41) is 5.21. The van der Waals surface area contributed by atoms with E-state index in [2.05, 4.69) is 16.1 Å². The first-order valence-corrected chi connectivity index (χ1v) is 8.78. The number of benzene rings is 3. The minimum absolute atomic E-state index is 0.0285. The number of nitrogens with one attached hydrogen (secondary N) is 3. The number of rotatable bonds is 7. The summed E-state index contributed by atoms with van der Waals surface area (Å²) in [5.41, 5.74) is 9.59. The van der Waals surface area contributed by atoms with Gasteiger partial charge in [-0.1, -0.05) is 48.5 Å². The molecule has 0 saturated carbocycles. The van der Waals surface area contributed by atoms with E-state index in [0.717, 1.165) is 6.07 Å². The molecule has 0 aliphatic carbocycles. The minimum atomic E-state index is -1.22. The minimum Gasteiger partial charge on any atom is -0.360 e. The van der Waals surface area contributed by atoms with Gasteiger partial charge < -0.3 is 21.8 Å². The predicted octanol–water partition coefficient (Wildman–Crippen LogP) is 2.68. The molecule has 0 heterocycles. The number of nitrogens with two attached hydrogens (primary N) is 2. The number of hydrogen-bond donors (Lipinski definition) is 5. The second-order valence-corrected chi connectivity index (χ2v) is 6.16. The van der Waals surface area contributed by atoms with Crippen LogP contribution in [0.25, 0.3) is 0 Å². The topological polar surface area (TPSA) is 122 Å². The molecule has 1 unspecified atom stereocenters. The highest BCUT2D eigenvalue weighted by Gasteiger charge is 2.21. The average Bonchev–Trinajstić information content (AvgIpc) is 2.75. The van der Waals surface area contributed by atoms with Crippen LogP contribution in [0, 0.1) is 5.82 Å². The van der Waals surface area contributed by atoms with Gasteiger partial charge in [0, 0.05) is 11.1 Å². The van der Waals surface area contributed by atoms with Crippen molar-refractivity contribution in [1.82, 2.24) is 0 Å². The normalized spacial score (nSPS) is 11.4. The van der Waals surface area contributed by atoms with Gasteiger partial charge in [-0.05, 0) is 24.3 Å². The lowest BCUT2D eigenvalue weighted by Gasteiger charge is -2.18. The van der Waals surface area contributed by atoms with Crippen LogP contribution in [0.3, 0.4) is 0 Å². The molecule has 29 heavy (non-hydrogen) atoms. The zero-order chi connectivity index (χ0) is 20.8. The van der Waals surface area contributed by atoms with E-state index in [9.17, 15) is 14.0 Å². The zero-order valence-corrected chi connectivity index (χ0v) is 15.4. The summed E-state index contributed by atoms with van der Waals surface area (Å²) >= 11 is 0. The molecule has 0 aliphatic heterocycles. The summed E-state index contributed by atoms with van der Waals surface area (Å²) in [7, 11) is 0. The maximum atomic E-state index is 14.4. The van der Waals surface area contributed by atoms with Crippen LogP contribution in [0.1, 0.15) is 15.9 Å². The fourth-order valence-electron chi connectivity index (χ4n) is 2.75. The number of anilines is 3. The van der Waals surface area contributed by atoms with Crippen molar-refractivity contribution in [3.63, 3.8) is 0 Å². The molecule has 3 rings (SSSR count). The Morgan fingerprint density at radius 2 is 1.52 bits per heavy atom. The first-order chi connectivity index (χ1) is 14.0. The van der Waals surface area contributed by atoms with E-state index >= 15 is 0 Å². The monoisotopic (exact) mass is 393 g/mol. The van der Waals surface area contributed by atoms with Crippen LogP contribution < -0.4 is 27.6 Å². The van der Waals surface area contributed by atoms with Gasteiger partial charge in [-0.15, -0.1) is 0 Å². The van der Waals surface area contributed by atoms with E-state index in [1.54, 1.807) is 54.6 Å². The maximum absolute atomic E-state index is 14.4. The summed E-state index contributed by atoms with van der Waals surface area (Å²) in [6.07, 6.45) is -1.22. The number of hydrazine groups is 1. The average molecular weight is 393 g/mol. The predicted molar refractivity (Wildman–Crippen MR) is 111 cm³/mol. The molecule has 0 aliphatic rings. The summed E-state index contributed by atoms with van der Waals surface area (Å²) < 4.78 is 14.4. The molecule has 0 bridgehead atoms. The largest absolute Gasteiger partial charge is 0.360 e. The van der Waals surface area contributed by atoms with Crippen molar-refractivity contribution < 1.29 is 14.0 Å². The lowest BCUT2D eigenvalue weighted by molar-refractivity contribution is -0.116. The van der Waals surface area contributed by atoms with E-state index in [1.165, 1.54) is 12.1 Å². The smallest absolute Gasteiger partial charge is 0.261 e. The summed E-state index contributed by atoms with van der Waals surface area (Å²) in [5.74, 6) is 3.56. The fraction of sp³-hybridized carbons (Fsp3) is 0.0476. The van der Waals surface area contributed by atoms with Gasteiger partial charge in [0.05, 0.1) is 17.1 Å². The molecule has 0 aromatic heterocycles. The second-order valence-electron chi connectivity index (χ2n) is 6.16. The SMILES string of the molecule is NNc1ccccc1NC(N)C(=O)Nc1c(F)cccc1C(=O)c1ccccc1. The van der Waals surface area contributed by atoms with Crippen LogP contribution in [0.2, 0.25) is 0 Å². The third kappa shape index (κ3) is 4.57. The van der Waals surface area contributed by atoms with Gasteiger partial charge in [0.15, 0.2) is 11.9 Å². The van der Waals surface area contributed by atoms with Gasteiger partial charge in [-0.3, -0.25) is 15.4 Å². The Balaban J connectivity index is 1.82. The molecule has 8 heteroatoms. The molecule has 148 valence electrons. The third-order valence-corrected chi connectivity index (χ3v) is 4.22. The van der Waals surface area contributed by atoms with Crippen LogP contribution >= 0.6 is 0 Å². The Hall–Kier alpha value is -3.75. The standard InChI is InChI=1S/C21H20FN5O2/c22-15-10-6-9-14(19(28)13-7-2-1-3-8-13)18(15)26-21(29)20(23)25-16-11-4-5-12-17(16)27-24/h1-12,20,25,27H,23-24H2,(H,26,29). The van der Waals surface area contributed by atoms with Crippen LogP contribution in [-0.2, 0) is 4.79 Å². The van der Waals surface area contributed by atoms with Crippen molar-refractivity contribution >= 4 is 28.8 Å². The molecule has 3 aromatic carbocycles. The highest BCUT2D eigenvalue weighted by Crippen LogP contribution is 2.24. The molecular weight excluding hydrogens is 373 g/mol. The zero-order valence-electron chi connectivity index (χ0n) is 15.4. The molecule has 7 N–H and O–H groups in total. The number of para-hydroxylation sites is 3. The van der Waals surface area contributed by atoms with Crippen molar-refractivity contribution in [2.75, 3.05) is 16.1 Å². The van der Waals surface area contributed by atoms with Gasteiger partial charge in [0.25, 0.3) is 5.91 Å². The molecule has 1 amide bonds. The number of halogens is 1. The van der Waals surface area contributed by atoms with Crippen molar-refractivity contribution in [2.24, 2.45) is 11.6 Å². The maximum Gasteiger partial charge on any atom is 0.261 e. The quantitative estimate of drug-likeness (QED) is 0.182. The molecular formula is C21H20FN5O2. The van der Waals surface area contributed by atoms with E-state index < -0.39 is 23.7 Å². The highest BCUT2D eigenvalue weighted by molar-refractivity contribution is 6.14. The molecule has 1 atom stereocenters. The Morgan fingerprint density at radius 1 is 0.862 bits per heavy atom. The molecule has 7 nitrogen and oxygen atoms in total. The van der Waals surface area contributed by atoms with Crippen LogP contribution in [0.5, 0.6) is 0 Å². The van der Waals surface area contributed by atoms with Crippen LogP contribution in [0.15, 0.2) is 72.8 Å². The van der Waals surface area contributed by atoms with E-state index in [1.807, 2.05) is 0 Å². The number of carbonyl (C=O) groups is 2. The molecule has 0 radical (unpaired) electrons. The molecule has 0 spiro atoms. The van der Waals surface area contributed by atoms with Crippen molar-refractivity contribution in [2.45, 2.75) is 6.17 Å². The van der Waals surface area contributed by atoms with Gasteiger partial charge in [0.1, 0.15) is 5.82 Å². The summed E-state index contributed by atoms with van der Waals surface area (Å²) in [6, 6.07) is 19.3. The number of nitrogen functional groups attached to an aromatic ring is 1. The lowest BCUT2D eigenvalue weighted by Crippen LogP contribution is -2.42. The Bertz CT molecular complexity index is 1030. The summed E-state index contributed by atoms with van der Waals surface area (Å²) in [6.45, 7) is 0. The van der Waals surface area contributed by atoms with Crippen LogP contribution in [-0.4, -0.2) is 17.9 Å². The molecule has 0 fully saturated rings. The summed E-state index contributed by atoms with van der Waals surface area (Å²) in [4.78, 5) is 25.3. The highest BCUT2D eigenvalue weighted by atomic mass is 19.1. The second kappa shape index (κ2) is 8.96. The number of ketones is 1. The van der Waals surface area contributed by atoms with E-state index in [0.29, 0.717) is 16.9 Å². The van der Waals surface area contributed by atoms with Gasteiger partial charge in [-0.25, -0.2) is 4.39 Å². The third-order valence-electron chi connectivity index (χ3n) is 4.22. The first-order valence-electron chi connectivity index (χ1n) is 8.78. The van der Waals surface area contributed by atoms with Crippen LogP contribution in [0.4, 0.5) is 21.5 Å². The number of carbonyl (C=O) groups excluding carboxylic acids is 2. The Morgan fingerprint density at radius 3 is 2.21 bits per heavy atom. The number of amides is 1. The van der Waals surface area contributed by atoms with E-state index in [4.69, 9.17) is 11.6 Å².